The van der Waals surface area contributed by atoms with Crippen molar-refractivity contribution in [3.05, 3.63) is 12.1 Å². The van der Waals surface area contributed by atoms with Gasteiger partial charge in [0.1, 0.15) is 0 Å². The average Bonchev–Trinajstić information content (AvgIpc) is 2.35. The molecule has 5 heteroatoms. The van der Waals surface area contributed by atoms with Crippen LogP contribution < -0.4 is 19.7 Å². The van der Waals surface area contributed by atoms with Gasteiger partial charge in [0.15, 0.2) is 11.5 Å². The van der Waals surface area contributed by atoms with E-state index in [1.165, 1.54) is 0 Å². The van der Waals surface area contributed by atoms with Crippen molar-refractivity contribution in [2.45, 2.75) is 6.92 Å². The van der Waals surface area contributed by atoms with Gasteiger partial charge >= 0.3 is 0 Å². The number of benzene rings is 1. The fourth-order valence-corrected chi connectivity index (χ4v) is 1.98. The normalized spacial score (nSPS) is 13.7. The van der Waals surface area contributed by atoms with E-state index in [0.29, 0.717) is 18.0 Å². The Labute approximate surface area is 100 Å². The van der Waals surface area contributed by atoms with Crippen molar-refractivity contribution in [3.63, 3.8) is 0 Å². The maximum absolute atomic E-state index is 11.5. The van der Waals surface area contributed by atoms with E-state index in [9.17, 15) is 4.79 Å². The average molecular weight is 236 g/mol. The molecule has 0 aliphatic carbocycles. The molecule has 0 fully saturated rings. The lowest BCUT2D eigenvalue weighted by Crippen LogP contribution is -2.37. The number of fused-ring (bicyclic) bond motifs is 1. The molecule has 0 spiro atoms. The predicted molar refractivity (Wildman–Crippen MR) is 66.1 cm³/mol. The Morgan fingerprint density at radius 1 is 1.29 bits per heavy atom. The molecule has 92 valence electrons. The molecule has 0 saturated carbocycles. The van der Waals surface area contributed by atoms with Crippen molar-refractivity contribution in [3.8, 4) is 11.5 Å². The lowest BCUT2D eigenvalue weighted by atomic mass is 10.1. The molecular weight excluding hydrogens is 220 g/mol. The van der Waals surface area contributed by atoms with E-state index in [2.05, 4.69) is 5.32 Å². The van der Waals surface area contributed by atoms with Crippen molar-refractivity contribution >= 4 is 17.3 Å². The van der Waals surface area contributed by atoms with Crippen LogP contribution in [-0.2, 0) is 4.79 Å². The molecule has 1 aliphatic heterocycles. The van der Waals surface area contributed by atoms with Crippen LogP contribution in [0.15, 0.2) is 12.1 Å². The summed E-state index contributed by atoms with van der Waals surface area (Å²) >= 11 is 0. The van der Waals surface area contributed by atoms with Gasteiger partial charge in [-0.15, -0.1) is 0 Å². The summed E-state index contributed by atoms with van der Waals surface area (Å²) in [7, 11) is 3.18. The van der Waals surface area contributed by atoms with Gasteiger partial charge in [0.25, 0.3) is 0 Å². The second-order valence-corrected chi connectivity index (χ2v) is 3.82. The van der Waals surface area contributed by atoms with Crippen LogP contribution in [0.5, 0.6) is 11.5 Å². The number of anilines is 2. The van der Waals surface area contributed by atoms with Gasteiger partial charge in [-0.2, -0.15) is 0 Å². The summed E-state index contributed by atoms with van der Waals surface area (Å²) in [4.78, 5) is 13.3. The molecule has 0 saturated heterocycles. The standard InChI is InChI=1S/C12H16N2O3/c1-8(15)14-5-4-13-9-6-11(16-2)12(17-3)7-10(9)14/h6-7,13H,4-5H2,1-3H3. The van der Waals surface area contributed by atoms with Crippen LogP contribution in [0.2, 0.25) is 0 Å². The third-order valence-electron chi connectivity index (χ3n) is 2.82. The van der Waals surface area contributed by atoms with Gasteiger partial charge in [-0.05, 0) is 0 Å². The summed E-state index contributed by atoms with van der Waals surface area (Å²) in [5, 5.41) is 3.24. The van der Waals surface area contributed by atoms with Crippen LogP contribution in [0.3, 0.4) is 0 Å². The highest BCUT2D eigenvalue weighted by Gasteiger charge is 2.22. The van der Waals surface area contributed by atoms with Crippen LogP contribution in [0.4, 0.5) is 11.4 Å². The van der Waals surface area contributed by atoms with Gasteiger partial charge in [-0.3, -0.25) is 4.79 Å². The molecule has 0 radical (unpaired) electrons. The largest absolute Gasteiger partial charge is 0.493 e. The summed E-state index contributed by atoms with van der Waals surface area (Å²) < 4.78 is 10.5. The van der Waals surface area contributed by atoms with Crippen molar-refractivity contribution < 1.29 is 14.3 Å². The van der Waals surface area contributed by atoms with Crippen molar-refractivity contribution in [2.24, 2.45) is 0 Å². The maximum atomic E-state index is 11.5. The molecule has 2 rings (SSSR count). The minimum atomic E-state index is 0.0277. The number of methoxy groups -OCH3 is 2. The summed E-state index contributed by atoms with van der Waals surface area (Å²) in [5.41, 5.74) is 1.73. The molecule has 1 N–H and O–H groups in total. The van der Waals surface area contributed by atoms with Crippen molar-refractivity contribution in [1.29, 1.82) is 0 Å². The predicted octanol–water partition coefficient (Wildman–Crippen LogP) is 1.48. The van der Waals surface area contributed by atoms with E-state index in [1.54, 1.807) is 26.0 Å². The highest BCUT2D eigenvalue weighted by atomic mass is 16.5. The van der Waals surface area contributed by atoms with Gasteiger partial charge in [-0.1, -0.05) is 0 Å². The van der Waals surface area contributed by atoms with Crippen molar-refractivity contribution in [1.82, 2.24) is 0 Å². The smallest absolute Gasteiger partial charge is 0.223 e. The second-order valence-electron chi connectivity index (χ2n) is 3.82. The highest BCUT2D eigenvalue weighted by Crippen LogP contribution is 2.39. The zero-order valence-electron chi connectivity index (χ0n) is 10.2. The van der Waals surface area contributed by atoms with E-state index < -0.39 is 0 Å². The molecule has 0 unspecified atom stereocenters. The van der Waals surface area contributed by atoms with Crippen LogP contribution in [-0.4, -0.2) is 33.2 Å². The van der Waals surface area contributed by atoms with Crippen LogP contribution >= 0.6 is 0 Å². The van der Waals surface area contributed by atoms with Gasteiger partial charge < -0.3 is 19.7 Å². The lowest BCUT2D eigenvalue weighted by molar-refractivity contribution is -0.116. The number of ether oxygens (including phenoxy) is 2. The number of rotatable bonds is 2. The number of carbonyl (C=O) groups is 1. The molecule has 0 bridgehead atoms. The summed E-state index contributed by atoms with van der Waals surface area (Å²) in [5.74, 6) is 1.31. The van der Waals surface area contributed by atoms with Gasteiger partial charge in [0, 0.05) is 32.1 Å². The third kappa shape index (κ3) is 2.00. The molecule has 5 nitrogen and oxygen atoms in total. The monoisotopic (exact) mass is 236 g/mol. The topological polar surface area (TPSA) is 50.8 Å². The second kappa shape index (κ2) is 4.53. The number of nitrogens with one attached hydrogen (secondary N) is 1. The van der Waals surface area contributed by atoms with Crippen molar-refractivity contribution in [2.75, 3.05) is 37.5 Å². The van der Waals surface area contributed by atoms with Crippen LogP contribution in [0, 0.1) is 0 Å². The molecule has 1 aliphatic rings. The van der Waals surface area contributed by atoms with Crippen LogP contribution in [0.1, 0.15) is 6.92 Å². The number of nitrogens with zero attached hydrogens (tertiary/aromatic N) is 1. The molecule has 1 aromatic carbocycles. The van der Waals surface area contributed by atoms with E-state index in [-0.39, 0.29) is 5.91 Å². The summed E-state index contributed by atoms with van der Waals surface area (Å²) in [6.45, 7) is 2.96. The maximum Gasteiger partial charge on any atom is 0.223 e. The zero-order chi connectivity index (χ0) is 12.4. The minimum absolute atomic E-state index is 0.0277. The Bertz CT molecular complexity index is 446. The summed E-state index contributed by atoms with van der Waals surface area (Å²) in [6.07, 6.45) is 0. The number of carbonyl (C=O) groups excluding carboxylic acids is 1. The van der Waals surface area contributed by atoms with E-state index >= 15 is 0 Å². The Morgan fingerprint density at radius 3 is 2.53 bits per heavy atom. The lowest BCUT2D eigenvalue weighted by Gasteiger charge is -2.30. The van der Waals surface area contributed by atoms with E-state index in [1.807, 2.05) is 12.1 Å². The summed E-state index contributed by atoms with van der Waals surface area (Å²) in [6, 6.07) is 3.67. The van der Waals surface area contributed by atoms with Crippen LogP contribution in [0.25, 0.3) is 0 Å². The molecule has 1 amide bonds. The zero-order valence-corrected chi connectivity index (χ0v) is 10.2. The molecular formula is C12H16N2O3. The first-order chi connectivity index (χ1) is 8.17. The Kier molecular flexibility index (Phi) is 3.08. The van der Waals surface area contributed by atoms with Gasteiger partial charge in [0.2, 0.25) is 5.91 Å². The quantitative estimate of drug-likeness (QED) is 0.845. The molecule has 0 atom stereocenters. The van der Waals surface area contributed by atoms with E-state index in [0.717, 1.165) is 17.9 Å². The number of hydrogen-bond donors (Lipinski definition) is 1. The molecule has 17 heavy (non-hydrogen) atoms. The van der Waals surface area contributed by atoms with Gasteiger partial charge in [0.05, 0.1) is 25.6 Å². The first-order valence-corrected chi connectivity index (χ1v) is 5.45. The first-order valence-electron chi connectivity index (χ1n) is 5.45. The Hall–Kier alpha value is -1.91. The number of hydrogen-bond acceptors (Lipinski definition) is 4. The highest BCUT2D eigenvalue weighted by molar-refractivity contribution is 5.97. The first kappa shape index (κ1) is 11.6. The number of amides is 1. The molecule has 1 heterocycles. The Morgan fingerprint density at radius 2 is 1.94 bits per heavy atom. The Balaban J connectivity index is 2.50. The fraction of sp³-hybridized carbons (Fsp3) is 0.417. The van der Waals surface area contributed by atoms with E-state index in [4.69, 9.17) is 9.47 Å². The fourth-order valence-electron chi connectivity index (χ4n) is 1.98. The SMILES string of the molecule is COc1cc2c(cc1OC)N(C(C)=O)CCN2. The third-order valence-corrected chi connectivity index (χ3v) is 2.82. The minimum Gasteiger partial charge on any atom is -0.493 e. The molecule has 1 aromatic rings. The van der Waals surface area contributed by atoms with Gasteiger partial charge in [-0.25, -0.2) is 0 Å². The molecule has 0 aromatic heterocycles.